The minimum absolute atomic E-state index is 0.0336. The number of carbonyl (C=O) groups excluding carboxylic acids is 1. The molecule has 0 aromatic rings. The molecule has 3 nitrogen and oxygen atoms in total. The summed E-state index contributed by atoms with van der Waals surface area (Å²) in [5, 5.41) is 0. The van der Waals surface area contributed by atoms with Crippen LogP contribution in [-0.2, 0) is 14.3 Å². The Bertz CT molecular complexity index is 243. The SMILES string of the molecule is CCC(=O)C(C)(C)[C@@H]1CCOC(C)(C)O1. The van der Waals surface area contributed by atoms with Crippen LogP contribution in [0, 0.1) is 5.41 Å². The number of Topliss-reactive ketones (excluding diaryl/α,β-unsaturated/α-hetero) is 1. The van der Waals surface area contributed by atoms with Gasteiger partial charge in [-0.2, -0.15) is 0 Å². The monoisotopic (exact) mass is 214 g/mol. The Morgan fingerprint density at radius 1 is 1.47 bits per heavy atom. The van der Waals surface area contributed by atoms with Gasteiger partial charge in [0, 0.05) is 11.8 Å². The normalized spacial score (nSPS) is 26.3. The Balaban J connectivity index is 2.74. The highest BCUT2D eigenvalue weighted by Gasteiger charge is 2.42. The van der Waals surface area contributed by atoms with E-state index in [9.17, 15) is 4.79 Å². The van der Waals surface area contributed by atoms with E-state index in [4.69, 9.17) is 9.47 Å². The maximum absolute atomic E-state index is 11.8. The molecule has 0 unspecified atom stereocenters. The highest BCUT2D eigenvalue weighted by atomic mass is 16.7. The van der Waals surface area contributed by atoms with Crippen molar-refractivity contribution in [2.75, 3.05) is 6.61 Å². The van der Waals surface area contributed by atoms with Gasteiger partial charge in [0.2, 0.25) is 0 Å². The van der Waals surface area contributed by atoms with Gasteiger partial charge in [-0.25, -0.2) is 0 Å². The summed E-state index contributed by atoms with van der Waals surface area (Å²) in [6.07, 6.45) is 1.32. The molecule has 1 atom stereocenters. The van der Waals surface area contributed by atoms with Gasteiger partial charge in [0.15, 0.2) is 5.79 Å². The molecule has 0 N–H and O–H groups in total. The van der Waals surface area contributed by atoms with Crippen molar-refractivity contribution in [1.82, 2.24) is 0 Å². The van der Waals surface area contributed by atoms with Gasteiger partial charge in [0.25, 0.3) is 0 Å². The minimum atomic E-state index is -0.561. The van der Waals surface area contributed by atoms with Crippen LogP contribution in [0.1, 0.15) is 47.5 Å². The lowest BCUT2D eigenvalue weighted by Crippen LogP contribution is -2.49. The summed E-state index contributed by atoms with van der Waals surface area (Å²) in [6, 6.07) is 0. The zero-order valence-corrected chi connectivity index (χ0v) is 10.4. The fourth-order valence-corrected chi connectivity index (χ4v) is 1.99. The lowest BCUT2D eigenvalue weighted by molar-refractivity contribution is -0.288. The fourth-order valence-electron chi connectivity index (χ4n) is 1.99. The Kier molecular flexibility index (Phi) is 3.56. The second-order valence-electron chi connectivity index (χ2n) is 5.14. The zero-order chi connectivity index (χ0) is 11.7. The Morgan fingerprint density at radius 3 is 2.53 bits per heavy atom. The van der Waals surface area contributed by atoms with Crippen molar-refractivity contribution in [3.8, 4) is 0 Å². The maximum Gasteiger partial charge on any atom is 0.163 e. The standard InChI is InChI=1S/C12H22O3/c1-6-9(13)11(2,3)10-7-8-14-12(4,5)15-10/h10H,6-8H2,1-5H3/t10-/m0/s1. The van der Waals surface area contributed by atoms with Gasteiger partial charge in [0.1, 0.15) is 5.78 Å². The molecule has 0 aromatic heterocycles. The number of ether oxygens (including phenoxy) is 2. The van der Waals surface area contributed by atoms with E-state index >= 15 is 0 Å². The van der Waals surface area contributed by atoms with Crippen LogP contribution in [-0.4, -0.2) is 24.3 Å². The van der Waals surface area contributed by atoms with Crippen molar-refractivity contribution in [2.24, 2.45) is 5.41 Å². The van der Waals surface area contributed by atoms with E-state index in [1.165, 1.54) is 0 Å². The van der Waals surface area contributed by atoms with Gasteiger partial charge in [-0.1, -0.05) is 20.8 Å². The predicted octanol–water partition coefficient (Wildman–Crippen LogP) is 2.53. The topological polar surface area (TPSA) is 35.5 Å². The van der Waals surface area contributed by atoms with Gasteiger partial charge in [-0.3, -0.25) is 4.79 Å². The number of hydrogen-bond donors (Lipinski definition) is 0. The number of carbonyl (C=O) groups is 1. The molecule has 1 fully saturated rings. The van der Waals surface area contributed by atoms with Crippen molar-refractivity contribution in [3.05, 3.63) is 0 Å². The Labute approximate surface area is 92.1 Å². The number of hydrogen-bond acceptors (Lipinski definition) is 3. The summed E-state index contributed by atoms with van der Waals surface area (Å²) in [6.45, 7) is 10.3. The third kappa shape index (κ3) is 2.79. The second-order valence-corrected chi connectivity index (χ2v) is 5.14. The minimum Gasteiger partial charge on any atom is -0.350 e. The Hall–Kier alpha value is -0.410. The molecular weight excluding hydrogens is 192 g/mol. The molecule has 0 spiro atoms. The lowest BCUT2D eigenvalue weighted by Gasteiger charge is -2.42. The van der Waals surface area contributed by atoms with Gasteiger partial charge >= 0.3 is 0 Å². The van der Waals surface area contributed by atoms with E-state index in [-0.39, 0.29) is 11.9 Å². The van der Waals surface area contributed by atoms with Crippen LogP contribution in [0.4, 0.5) is 0 Å². The Morgan fingerprint density at radius 2 is 2.07 bits per heavy atom. The highest BCUT2D eigenvalue weighted by molar-refractivity contribution is 5.84. The first-order valence-corrected chi connectivity index (χ1v) is 5.64. The summed E-state index contributed by atoms with van der Waals surface area (Å²) >= 11 is 0. The molecule has 3 heteroatoms. The molecule has 0 saturated carbocycles. The highest BCUT2D eigenvalue weighted by Crippen LogP contribution is 2.34. The van der Waals surface area contributed by atoms with Crippen molar-refractivity contribution >= 4 is 5.78 Å². The van der Waals surface area contributed by atoms with Gasteiger partial charge in [-0.05, 0) is 20.3 Å². The van der Waals surface area contributed by atoms with Crippen LogP contribution in [0.15, 0.2) is 0 Å². The summed E-state index contributed by atoms with van der Waals surface area (Å²) < 4.78 is 11.3. The summed E-state index contributed by atoms with van der Waals surface area (Å²) in [7, 11) is 0. The van der Waals surface area contributed by atoms with Crippen LogP contribution in [0.5, 0.6) is 0 Å². The van der Waals surface area contributed by atoms with Crippen LogP contribution in [0.3, 0.4) is 0 Å². The summed E-state index contributed by atoms with van der Waals surface area (Å²) in [5.41, 5.74) is -0.407. The smallest absolute Gasteiger partial charge is 0.163 e. The van der Waals surface area contributed by atoms with Crippen LogP contribution in [0.2, 0.25) is 0 Å². The molecule has 0 amide bonds. The van der Waals surface area contributed by atoms with Crippen molar-refractivity contribution in [2.45, 2.75) is 59.4 Å². The average molecular weight is 214 g/mol. The zero-order valence-electron chi connectivity index (χ0n) is 10.4. The molecule has 1 aliphatic rings. The van der Waals surface area contributed by atoms with Crippen molar-refractivity contribution in [1.29, 1.82) is 0 Å². The van der Waals surface area contributed by atoms with E-state index in [0.717, 1.165) is 6.42 Å². The molecule has 0 aromatic carbocycles. The van der Waals surface area contributed by atoms with Crippen molar-refractivity contribution in [3.63, 3.8) is 0 Å². The molecule has 88 valence electrons. The molecule has 1 heterocycles. The molecule has 1 saturated heterocycles. The summed E-state index contributed by atoms with van der Waals surface area (Å²) in [5.74, 6) is -0.306. The van der Waals surface area contributed by atoms with Gasteiger partial charge in [0.05, 0.1) is 12.7 Å². The van der Waals surface area contributed by atoms with E-state index in [1.54, 1.807) is 0 Å². The summed E-state index contributed by atoms with van der Waals surface area (Å²) in [4.78, 5) is 11.8. The first kappa shape index (κ1) is 12.7. The molecule has 0 bridgehead atoms. The number of rotatable bonds is 3. The number of ketones is 1. The molecular formula is C12H22O3. The molecule has 1 rings (SSSR count). The average Bonchev–Trinajstić information content (AvgIpc) is 2.15. The quantitative estimate of drug-likeness (QED) is 0.724. The molecule has 15 heavy (non-hydrogen) atoms. The third-order valence-corrected chi connectivity index (χ3v) is 3.10. The first-order valence-electron chi connectivity index (χ1n) is 5.64. The van der Waals surface area contributed by atoms with Crippen molar-refractivity contribution < 1.29 is 14.3 Å². The van der Waals surface area contributed by atoms with Crippen LogP contribution < -0.4 is 0 Å². The van der Waals surface area contributed by atoms with Gasteiger partial charge in [-0.15, -0.1) is 0 Å². The van der Waals surface area contributed by atoms with Gasteiger partial charge < -0.3 is 9.47 Å². The van der Waals surface area contributed by atoms with E-state index in [2.05, 4.69) is 0 Å². The molecule has 0 aliphatic carbocycles. The fraction of sp³-hybridized carbons (Fsp3) is 0.917. The molecule has 1 aliphatic heterocycles. The van der Waals surface area contributed by atoms with Crippen LogP contribution in [0.25, 0.3) is 0 Å². The van der Waals surface area contributed by atoms with E-state index < -0.39 is 11.2 Å². The third-order valence-electron chi connectivity index (χ3n) is 3.10. The lowest BCUT2D eigenvalue weighted by atomic mass is 9.79. The molecule has 0 radical (unpaired) electrons. The first-order chi connectivity index (χ1) is 6.79. The largest absolute Gasteiger partial charge is 0.350 e. The van der Waals surface area contributed by atoms with E-state index in [0.29, 0.717) is 13.0 Å². The second kappa shape index (κ2) is 4.22. The van der Waals surface area contributed by atoms with E-state index in [1.807, 2.05) is 34.6 Å². The predicted molar refractivity (Wildman–Crippen MR) is 58.6 cm³/mol. The maximum atomic E-state index is 11.8. The van der Waals surface area contributed by atoms with Crippen LogP contribution >= 0.6 is 0 Å².